The van der Waals surface area contributed by atoms with Crippen LogP contribution in [-0.4, -0.2) is 29.6 Å². The summed E-state index contributed by atoms with van der Waals surface area (Å²) in [6.07, 6.45) is 3.13. The van der Waals surface area contributed by atoms with Crippen molar-refractivity contribution in [3.8, 4) is 0 Å². The van der Waals surface area contributed by atoms with Crippen LogP contribution in [0.5, 0.6) is 0 Å². The van der Waals surface area contributed by atoms with Gasteiger partial charge in [0.25, 0.3) is 0 Å². The smallest absolute Gasteiger partial charge is 0.222 e. The Kier molecular flexibility index (Phi) is 4.98. The maximum Gasteiger partial charge on any atom is 0.222 e. The summed E-state index contributed by atoms with van der Waals surface area (Å²) in [5.74, 6) is 0.0191. The van der Waals surface area contributed by atoms with E-state index in [1.807, 2.05) is 6.92 Å². The number of nitrogens with one attached hydrogen (secondary N) is 1. The second-order valence-corrected chi connectivity index (χ2v) is 4.50. The molecular formula is C10H18N2O2S. The van der Waals surface area contributed by atoms with Gasteiger partial charge in [0.1, 0.15) is 0 Å². The second kappa shape index (κ2) is 6.02. The molecule has 1 fully saturated rings. The number of rotatable bonds is 5. The van der Waals surface area contributed by atoms with E-state index >= 15 is 0 Å². The van der Waals surface area contributed by atoms with Crippen molar-refractivity contribution in [1.29, 1.82) is 0 Å². The zero-order valence-electron chi connectivity index (χ0n) is 8.99. The van der Waals surface area contributed by atoms with Crippen LogP contribution in [0.25, 0.3) is 0 Å². The molecule has 1 rings (SSSR count). The molecule has 1 amide bonds. The number of hydrogen-bond acceptors (Lipinski definition) is 3. The van der Waals surface area contributed by atoms with Gasteiger partial charge in [-0.05, 0) is 19.8 Å². The zero-order chi connectivity index (χ0) is 11.3. The molecule has 1 aliphatic rings. The van der Waals surface area contributed by atoms with Crippen LogP contribution in [0.1, 0.15) is 32.6 Å². The minimum Gasteiger partial charge on any atom is -0.393 e. The molecule has 0 saturated carbocycles. The third kappa shape index (κ3) is 5.09. The molecule has 0 aliphatic carbocycles. The van der Waals surface area contributed by atoms with E-state index in [4.69, 9.17) is 22.7 Å². The number of thiocarbonyl (C=S) groups is 1. The molecule has 5 heteroatoms. The Hall–Kier alpha value is -0.680. The minimum absolute atomic E-state index is 0.0106. The second-order valence-electron chi connectivity index (χ2n) is 3.98. The van der Waals surface area contributed by atoms with E-state index in [-0.39, 0.29) is 18.1 Å². The molecule has 0 bridgehead atoms. The van der Waals surface area contributed by atoms with Gasteiger partial charge in [0, 0.05) is 19.1 Å². The van der Waals surface area contributed by atoms with Crippen LogP contribution in [0, 0.1) is 0 Å². The highest BCUT2D eigenvalue weighted by Gasteiger charge is 2.19. The number of ether oxygens (including phenoxy) is 1. The highest BCUT2D eigenvalue weighted by Crippen LogP contribution is 2.14. The van der Waals surface area contributed by atoms with Gasteiger partial charge in [0.2, 0.25) is 5.91 Å². The standard InChI is InChI=1S/C10H18N2O2S/c1-7(5-9(11)15)12-10(13)6-8-3-2-4-14-8/h7-8H,2-6H2,1H3,(H2,11,15)(H,12,13). The third-order valence-corrected chi connectivity index (χ3v) is 2.52. The lowest BCUT2D eigenvalue weighted by molar-refractivity contribution is -0.123. The molecule has 15 heavy (non-hydrogen) atoms. The highest BCUT2D eigenvalue weighted by atomic mass is 32.1. The fraction of sp³-hybridized carbons (Fsp3) is 0.800. The predicted octanol–water partition coefficient (Wildman–Crippen LogP) is 0.736. The summed E-state index contributed by atoms with van der Waals surface area (Å²) < 4.78 is 5.37. The molecule has 1 saturated heterocycles. The summed E-state index contributed by atoms with van der Waals surface area (Å²) in [5, 5.41) is 2.85. The molecule has 0 aromatic carbocycles. The molecule has 86 valence electrons. The first kappa shape index (κ1) is 12.4. The summed E-state index contributed by atoms with van der Waals surface area (Å²) >= 11 is 4.77. The fourth-order valence-electron chi connectivity index (χ4n) is 1.70. The van der Waals surface area contributed by atoms with Gasteiger partial charge in [-0.2, -0.15) is 0 Å². The van der Waals surface area contributed by atoms with Crippen molar-refractivity contribution in [2.45, 2.75) is 44.8 Å². The summed E-state index contributed by atoms with van der Waals surface area (Å²) in [4.78, 5) is 11.9. The van der Waals surface area contributed by atoms with Crippen molar-refractivity contribution < 1.29 is 9.53 Å². The first-order valence-electron chi connectivity index (χ1n) is 5.27. The van der Waals surface area contributed by atoms with E-state index in [1.54, 1.807) is 0 Å². The lowest BCUT2D eigenvalue weighted by Crippen LogP contribution is -2.36. The zero-order valence-corrected chi connectivity index (χ0v) is 9.81. The number of carbonyl (C=O) groups is 1. The van der Waals surface area contributed by atoms with Gasteiger partial charge in [-0.25, -0.2) is 0 Å². The monoisotopic (exact) mass is 230 g/mol. The Bertz CT molecular complexity index is 240. The van der Waals surface area contributed by atoms with Crippen LogP contribution in [0.2, 0.25) is 0 Å². The van der Waals surface area contributed by atoms with Gasteiger partial charge in [-0.15, -0.1) is 0 Å². The van der Waals surface area contributed by atoms with E-state index in [0.29, 0.717) is 17.8 Å². The van der Waals surface area contributed by atoms with E-state index in [1.165, 1.54) is 0 Å². The van der Waals surface area contributed by atoms with Gasteiger partial charge in [-0.3, -0.25) is 4.79 Å². The molecule has 2 unspecified atom stereocenters. The molecule has 0 aromatic rings. The lowest BCUT2D eigenvalue weighted by atomic mass is 10.1. The summed E-state index contributed by atoms with van der Waals surface area (Å²) in [5.41, 5.74) is 5.39. The lowest BCUT2D eigenvalue weighted by Gasteiger charge is -2.14. The number of amides is 1. The van der Waals surface area contributed by atoms with E-state index in [0.717, 1.165) is 19.4 Å². The Morgan fingerprint density at radius 3 is 3.00 bits per heavy atom. The maximum absolute atomic E-state index is 11.5. The van der Waals surface area contributed by atoms with E-state index in [9.17, 15) is 4.79 Å². The van der Waals surface area contributed by atoms with Gasteiger partial charge < -0.3 is 15.8 Å². The first-order valence-corrected chi connectivity index (χ1v) is 5.68. The Labute approximate surface area is 95.5 Å². The van der Waals surface area contributed by atoms with Crippen LogP contribution >= 0.6 is 12.2 Å². The molecule has 0 aromatic heterocycles. The third-order valence-electron chi connectivity index (χ3n) is 2.35. The van der Waals surface area contributed by atoms with E-state index in [2.05, 4.69) is 5.32 Å². The molecule has 1 aliphatic heterocycles. The van der Waals surface area contributed by atoms with Crippen LogP contribution in [0.4, 0.5) is 0 Å². The molecule has 0 radical (unpaired) electrons. The predicted molar refractivity (Wildman–Crippen MR) is 62.6 cm³/mol. The summed E-state index contributed by atoms with van der Waals surface area (Å²) in [7, 11) is 0. The van der Waals surface area contributed by atoms with Crippen molar-refractivity contribution in [2.24, 2.45) is 5.73 Å². The largest absolute Gasteiger partial charge is 0.393 e. The maximum atomic E-state index is 11.5. The molecular weight excluding hydrogens is 212 g/mol. The molecule has 3 N–H and O–H groups in total. The van der Waals surface area contributed by atoms with Crippen molar-refractivity contribution in [3.05, 3.63) is 0 Å². The average molecular weight is 230 g/mol. The van der Waals surface area contributed by atoms with Crippen molar-refractivity contribution in [2.75, 3.05) is 6.61 Å². The first-order chi connectivity index (χ1) is 7.08. The van der Waals surface area contributed by atoms with Crippen molar-refractivity contribution >= 4 is 23.1 Å². The van der Waals surface area contributed by atoms with Crippen LogP contribution in [-0.2, 0) is 9.53 Å². The fourth-order valence-corrected chi connectivity index (χ4v) is 1.95. The molecule has 2 atom stereocenters. The normalized spacial score (nSPS) is 22.3. The van der Waals surface area contributed by atoms with Gasteiger partial charge in [0.05, 0.1) is 17.5 Å². The molecule has 0 spiro atoms. The SMILES string of the molecule is CC(CC(N)=S)NC(=O)CC1CCCO1. The van der Waals surface area contributed by atoms with Gasteiger partial charge in [0.15, 0.2) is 0 Å². The quantitative estimate of drug-likeness (QED) is 0.684. The number of hydrogen-bond donors (Lipinski definition) is 2. The van der Waals surface area contributed by atoms with E-state index < -0.39 is 0 Å². The number of nitrogens with two attached hydrogens (primary N) is 1. The average Bonchev–Trinajstić information content (AvgIpc) is 2.53. The Morgan fingerprint density at radius 2 is 2.47 bits per heavy atom. The van der Waals surface area contributed by atoms with Crippen molar-refractivity contribution in [3.63, 3.8) is 0 Å². The Balaban J connectivity index is 2.19. The molecule has 1 heterocycles. The van der Waals surface area contributed by atoms with Crippen molar-refractivity contribution in [1.82, 2.24) is 5.32 Å². The minimum atomic E-state index is 0.0106. The topological polar surface area (TPSA) is 64.3 Å². The van der Waals surface area contributed by atoms with Gasteiger partial charge in [-0.1, -0.05) is 12.2 Å². The number of carbonyl (C=O) groups excluding carboxylic acids is 1. The summed E-state index contributed by atoms with van der Waals surface area (Å²) in [6.45, 7) is 2.67. The highest BCUT2D eigenvalue weighted by molar-refractivity contribution is 7.80. The van der Waals surface area contributed by atoms with Crippen LogP contribution < -0.4 is 11.1 Å². The molecule has 4 nitrogen and oxygen atoms in total. The summed E-state index contributed by atoms with van der Waals surface area (Å²) in [6, 6.07) is 0.0106. The van der Waals surface area contributed by atoms with Crippen LogP contribution in [0.15, 0.2) is 0 Å². The van der Waals surface area contributed by atoms with Gasteiger partial charge >= 0.3 is 0 Å². The van der Waals surface area contributed by atoms with Crippen LogP contribution in [0.3, 0.4) is 0 Å². The Morgan fingerprint density at radius 1 is 1.73 bits per heavy atom.